The van der Waals surface area contributed by atoms with E-state index in [1.54, 1.807) is 23.8 Å². The molecule has 27 heavy (non-hydrogen) atoms. The lowest BCUT2D eigenvalue weighted by molar-refractivity contribution is 0.0445. The Labute approximate surface area is 157 Å². The van der Waals surface area contributed by atoms with Crippen molar-refractivity contribution in [2.45, 2.75) is 71.1 Å². The molecule has 1 amide bonds. The Morgan fingerprint density at radius 2 is 2.00 bits per heavy atom. The molecular formula is C19H26N4O4. The number of carboxylic acid groups (broad SMARTS) is 1. The zero-order valence-electron chi connectivity index (χ0n) is 16.2. The molecule has 0 bridgehead atoms. The Hall–Kier alpha value is -2.64. The molecule has 2 N–H and O–H groups in total. The number of ether oxygens (including phenoxy) is 1. The van der Waals surface area contributed by atoms with Gasteiger partial charge in [0, 0.05) is 18.1 Å². The van der Waals surface area contributed by atoms with Gasteiger partial charge in [0.1, 0.15) is 22.8 Å². The Kier molecular flexibility index (Phi) is 4.84. The number of aryl methyl sites for hydroxylation is 1. The van der Waals surface area contributed by atoms with Crippen molar-refractivity contribution in [3.63, 3.8) is 0 Å². The van der Waals surface area contributed by atoms with E-state index in [1.807, 2.05) is 20.8 Å². The van der Waals surface area contributed by atoms with Crippen LogP contribution in [0.2, 0.25) is 0 Å². The minimum Gasteiger partial charge on any atom is -0.477 e. The lowest BCUT2D eigenvalue weighted by Crippen LogP contribution is -2.51. The van der Waals surface area contributed by atoms with E-state index in [1.165, 1.54) is 0 Å². The maximum atomic E-state index is 12.4. The Morgan fingerprint density at radius 3 is 2.59 bits per heavy atom. The van der Waals surface area contributed by atoms with Crippen molar-refractivity contribution >= 4 is 23.1 Å². The highest BCUT2D eigenvalue weighted by molar-refractivity contribution is 5.93. The fraction of sp³-hybridized carbons (Fsp3) is 0.579. The van der Waals surface area contributed by atoms with E-state index >= 15 is 0 Å². The lowest BCUT2D eigenvalue weighted by atomic mass is 9.97. The van der Waals surface area contributed by atoms with Crippen LogP contribution in [0.25, 0.3) is 11.0 Å². The number of aromatic carboxylic acids is 1. The molecule has 2 aromatic heterocycles. The van der Waals surface area contributed by atoms with Gasteiger partial charge in [0.2, 0.25) is 0 Å². The summed E-state index contributed by atoms with van der Waals surface area (Å²) >= 11 is 0. The highest BCUT2D eigenvalue weighted by atomic mass is 16.6. The van der Waals surface area contributed by atoms with E-state index < -0.39 is 23.2 Å². The molecule has 0 aliphatic heterocycles. The Balaban J connectivity index is 1.97. The topological polar surface area (TPSA) is 106 Å². The van der Waals surface area contributed by atoms with Crippen molar-refractivity contribution in [1.29, 1.82) is 0 Å². The van der Waals surface area contributed by atoms with Crippen molar-refractivity contribution in [3.8, 4) is 0 Å². The quantitative estimate of drug-likeness (QED) is 0.851. The highest BCUT2D eigenvalue weighted by Crippen LogP contribution is 2.33. The maximum absolute atomic E-state index is 12.4. The molecule has 1 aliphatic rings. The fourth-order valence-electron chi connectivity index (χ4n) is 3.66. The normalized spacial score (nSPS) is 16.4. The zero-order valence-corrected chi connectivity index (χ0v) is 16.2. The number of fused-ring (bicyclic) bond motifs is 1. The number of carboxylic acids is 1. The second kappa shape index (κ2) is 6.83. The SMILES string of the molecule is Cc1ncc2cc(C(=O)O)n(CC3(NC(=O)OC(C)(C)C)CCCC3)c2n1. The number of nitrogens with one attached hydrogen (secondary N) is 1. The molecule has 0 atom stereocenters. The third-order valence-corrected chi connectivity index (χ3v) is 4.76. The van der Waals surface area contributed by atoms with Crippen molar-refractivity contribution in [1.82, 2.24) is 19.9 Å². The first-order valence-electron chi connectivity index (χ1n) is 9.16. The highest BCUT2D eigenvalue weighted by Gasteiger charge is 2.38. The standard InChI is InChI=1S/C19H26N4O4/c1-12-20-10-13-9-14(16(24)25)23(15(13)21-12)11-19(7-5-6-8-19)22-17(26)27-18(2,3)4/h9-10H,5-8,11H2,1-4H3,(H,22,26)(H,24,25). The number of nitrogens with zero attached hydrogens (tertiary/aromatic N) is 3. The van der Waals surface area contributed by atoms with Gasteiger partial charge in [-0.1, -0.05) is 12.8 Å². The number of amides is 1. The molecule has 1 saturated carbocycles. The van der Waals surface area contributed by atoms with Gasteiger partial charge in [0.15, 0.2) is 0 Å². The van der Waals surface area contributed by atoms with Crippen molar-refractivity contribution in [2.24, 2.45) is 0 Å². The summed E-state index contributed by atoms with van der Waals surface area (Å²) in [5.74, 6) is -0.463. The molecule has 146 valence electrons. The number of hydrogen-bond donors (Lipinski definition) is 2. The molecule has 8 nitrogen and oxygen atoms in total. The van der Waals surface area contributed by atoms with Gasteiger partial charge in [0.05, 0.1) is 5.54 Å². The molecule has 1 aliphatic carbocycles. The summed E-state index contributed by atoms with van der Waals surface area (Å²) in [7, 11) is 0. The van der Waals surface area contributed by atoms with Crippen LogP contribution in [0.3, 0.4) is 0 Å². The molecule has 2 heterocycles. The van der Waals surface area contributed by atoms with Crippen LogP contribution in [0.1, 0.15) is 62.8 Å². The number of rotatable bonds is 4. The molecule has 0 radical (unpaired) electrons. The smallest absolute Gasteiger partial charge is 0.408 e. The molecule has 3 rings (SSSR count). The maximum Gasteiger partial charge on any atom is 0.408 e. The number of aromatic nitrogens is 3. The van der Waals surface area contributed by atoms with Gasteiger partial charge in [-0.05, 0) is 46.6 Å². The summed E-state index contributed by atoms with van der Waals surface area (Å²) in [6.07, 6.45) is 4.59. The Bertz CT molecular complexity index is 876. The summed E-state index contributed by atoms with van der Waals surface area (Å²) in [4.78, 5) is 32.8. The van der Waals surface area contributed by atoms with Gasteiger partial charge in [-0.15, -0.1) is 0 Å². The number of alkyl carbamates (subject to hydrolysis) is 1. The van der Waals surface area contributed by atoms with Gasteiger partial charge in [-0.25, -0.2) is 19.6 Å². The first-order valence-corrected chi connectivity index (χ1v) is 9.16. The second-order valence-corrected chi connectivity index (χ2v) is 8.23. The molecule has 1 fully saturated rings. The van der Waals surface area contributed by atoms with E-state index in [0.29, 0.717) is 23.4 Å². The van der Waals surface area contributed by atoms with Crippen molar-refractivity contribution in [2.75, 3.05) is 0 Å². The number of hydrogen-bond acceptors (Lipinski definition) is 5. The van der Waals surface area contributed by atoms with Crippen LogP contribution >= 0.6 is 0 Å². The largest absolute Gasteiger partial charge is 0.477 e. The van der Waals surface area contributed by atoms with Crippen molar-refractivity contribution < 1.29 is 19.4 Å². The first kappa shape index (κ1) is 19.1. The van der Waals surface area contributed by atoms with E-state index in [0.717, 1.165) is 25.7 Å². The minimum atomic E-state index is -1.03. The van der Waals surface area contributed by atoms with E-state index in [4.69, 9.17) is 4.74 Å². The van der Waals surface area contributed by atoms with Crippen LogP contribution in [-0.4, -0.2) is 42.8 Å². The van der Waals surface area contributed by atoms with Crippen LogP contribution in [0, 0.1) is 6.92 Å². The predicted octanol–water partition coefficient (Wildman–Crippen LogP) is 3.28. The molecule has 0 aromatic carbocycles. The summed E-state index contributed by atoms with van der Waals surface area (Å²) in [5, 5.41) is 13.3. The van der Waals surface area contributed by atoms with Crippen LogP contribution < -0.4 is 5.32 Å². The third-order valence-electron chi connectivity index (χ3n) is 4.76. The van der Waals surface area contributed by atoms with Crippen molar-refractivity contribution in [3.05, 3.63) is 23.8 Å². The fourth-order valence-corrected chi connectivity index (χ4v) is 3.66. The summed E-state index contributed by atoms with van der Waals surface area (Å²) in [6, 6.07) is 1.58. The van der Waals surface area contributed by atoms with Crippen LogP contribution in [0.15, 0.2) is 12.3 Å². The minimum absolute atomic E-state index is 0.141. The molecule has 0 unspecified atom stereocenters. The summed E-state index contributed by atoms with van der Waals surface area (Å²) in [6.45, 7) is 7.54. The van der Waals surface area contributed by atoms with E-state index in [2.05, 4.69) is 15.3 Å². The average Bonchev–Trinajstić information content (AvgIpc) is 3.11. The van der Waals surface area contributed by atoms with Crippen LogP contribution in [0.4, 0.5) is 4.79 Å². The number of carbonyl (C=O) groups is 2. The molecular weight excluding hydrogens is 348 g/mol. The van der Waals surface area contributed by atoms with Gasteiger partial charge >= 0.3 is 12.1 Å². The zero-order chi connectivity index (χ0) is 19.8. The molecule has 8 heteroatoms. The van der Waals surface area contributed by atoms with Crippen LogP contribution in [-0.2, 0) is 11.3 Å². The Morgan fingerprint density at radius 1 is 1.33 bits per heavy atom. The average molecular weight is 374 g/mol. The van der Waals surface area contributed by atoms with Gasteiger partial charge < -0.3 is 19.7 Å². The van der Waals surface area contributed by atoms with E-state index in [-0.39, 0.29) is 5.69 Å². The summed E-state index contributed by atoms with van der Waals surface area (Å²) < 4.78 is 7.10. The van der Waals surface area contributed by atoms with E-state index in [9.17, 15) is 14.7 Å². The number of carbonyl (C=O) groups excluding carboxylic acids is 1. The molecule has 2 aromatic rings. The third kappa shape index (κ3) is 4.20. The summed E-state index contributed by atoms with van der Waals surface area (Å²) in [5.41, 5.74) is -0.447. The predicted molar refractivity (Wildman–Crippen MR) is 99.8 cm³/mol. The van der Waals surface area contributed by atoms with Gasteiger partial charge in [0.25, 0.3) is 0 Å². The molecule has 0 saturated heterocycles. The van der Waals surface area contributed by atoms with Gasteiger partial charge in [-0.2, -0.15) is 0 Å². The molecule has 0 spiro atoms. The van der Waals surface area contributed by atoms with Gasteiger partial charge in [-0.3, -0.25) is 0 Å². The monoisotopic (exact) mass is 374 g/mol. The lowest BCUT2D eigenvalue weighted by Gasteiger charge is -2.32. The first-order chi connectivity index (χ1) is 12.6. The van der Waals surface area contributed by atoms with Crippen LogP contribution in [0.5, 0.6) is 0 Å². The second-order valence-electron chi connectivity index (χ2n) is 8.23.